The van der Waals surface area contributed by atoms with Crippen LogP contribution in [0.15, 0.2) is 79.9 Å². The van der Waals surface area contributed by atoms with Gasteiger partial charge in [-0.15, -0.1) is 0 Å². The zero-order valence-corrected chi connectivity index (χ0v) is 14.8. The molecule has 0 unspecified atom stereocenters. The van der Waals surface area contributed by atoms with Gasteiger partial charge >= 0.3 is 5.97 Å². The second-order valence-electron chi connectivity index (χ2n) is 5.00. The lowest BCUT2D eigenvalue weighted by Crippen LogP contribution is -1.98. The summed E-state index contributed by atoms with van der Waals surface area (Å²) in [5, 5.41) is 0. The van der Waals surface area contributed by atoms with Gasteiger partial charge in [-0.05, 0) is 25.0 Å². The van der Waals surface area contributed by atoms with Crippen molar-refractivity contribution in [2.75, 3.05) is 7.11 Å². The van der Waals surface area contributed by atoms with Gasteiger partial charge in [-0.2, -0.15) is 0 Å². The molecule has 2 aromatic carbocycles. The molecule has 2 rings (SSSR count). The number of methoxy groups -OCH3 is 1. The van der Waals surface area contributed by atoms with Crippen molar-refractivity contribution in [2.24, 2.45) is 0 Å². The van der Waals surface area contributed by atoms with E-state index in [2.05, 4.69) is 55.7 Å². The summed E-state index contributed by atoms with van der Waals surface area (Å²) < 4.78 is 4.27. The van der Waals surface area contributed by atoms with E-state index in [0.29, 0.717) is 5.57 Å². The Bertz CT molecular complexity index is 637. The number of rotatable bonds is 3. The van der Waals surface area contributed by atoms with Crippen LogP contribution in [0.3, 0.4) is 0 Å². The van der Waals surface area contributed by atoms with E-state index in [1.807, 2.05) is 42.5 Å². The fraction of sp³-hybridized carbons (Fsp3) is 0.136. The molecule has 0 radical (unpaired) electrons. The van der Waals surface area contributed by atoms with E-state index < -0.39 is 0 Å². The minimum absolute atomic E-state index is 0.347. The first-order valence-electron chi connectivity index (χ1n) is 7.55. The number of hydrogen-bond acceptors (Lipinski definition) is 2. The van der Waals surface area contributed by atoms with Gasteiger partial charge in [-0.25, -0.2) is 4.79 Å². The minimum Gasteiger partial charge on any atom is -0.466 e. The number of aryl methyl sites for hydroxylation is 1. The highest BCUT2D eigenvalue weighted by Crippen LogP contribution is 2.02. The Labute approximate surface area is 145 Å². The second-order valence-corrected chi connectivity index (χ2v) is 5.00. The summed E-state index contributed by atoms with van der Waals surface area (Å²) in [5.74, 6) is -0.347. The lowest BCUT2D eigenvalue weighted by atomic mass is 10.2. The SMILES string of the molecule is C=C(C)C(=O)OC.C=Cc1ccc(C)cc1.C=Cc1ccccc1. The molecule has 0 saturated heterocycles. The largest absolute Gasteiger partial charge is 0.466 e. The van der Waals surface area contributed by atoms with E-state index in [-0.39, 0.29) is 5.97 Å². The quantitative estimate of drug-likeness (QED) is 0.535. The van der Waals surface area contributed by atoms with E-state index in [1.165, 1.54) is 23.8 Å². The van der Waals surface area contributed by atoms with Crippen molar-refractivity contribution < 1.29 is 9.53 Å². The summed E-state index contributed by atoms with van der Waals surface area (Å²) in [6, 6.07) is 18.3. The second kappa shape index (κ2) is 12.7. The Kier molecular flexibility index (Phi) is 11.1. The molecule has 2 aromatic rings. The third-order valence-electron chi connectivity index (χ3n) is 2.88. The molecule has 0 bridgehead atoms. The number of esters is 1. The Morgan fingerprint density at radius 3 is 1.67 bits per heavy atom. The first kappa shape index (κ1) is 21.1. The Morgan fingerprint density at radius 2 is 1.38 bits per heavy atom. The lowest BCUT2D eigenvalue weighted by Gasteiger charge is -1.91. The molecule has 0 amide bonds. The molecule has 0 atom stereocenters. The van der Waals surface area contributed by atoms with Crippen LogP contribution >= 0.6 is 0 Å². The molecule has 0 fully saturated rings. The summed E-state index contributed by atoms with van der Waals surface area (Å²) in [7, 11) is 1.33. The Morgan fingerprint density at radius 1 is 0.917 bits per heavy atom. The third kappa shape index (κ3) is 9.96. The van der Waals surface area contributed by atoms with Gasteiger partial charge < -0.3 is 4.74 Å². The maximum absolute atomic E-state index is 10.2. The first-order valence-corrected chi connectivity index (χ1v) is 7.55. The number of benzene rings is 2. The van der Waals surface area contributed by atoms with Crippen LogP contribution in [-0.2, 0) is 9.53 Å². The first-order chi connectivity index (χ1) is 11.4. The summed E-state index contributed by atoms with van der Waals surface area (Å²) in [6.45, 7) is 14.3. The van der Waals surface area contributed by atoms with Crippen molar-refractivity contribution in [3.63, 3.8) is 0 Å². The van der Waals surface area contributed by atoms with Crippen LogP contribution in [0, 0.1) is 6.92 Å². The summed E-state index contributed by atoms with van der Waals surface area (Å²) >= 11 is 0. The highest BCUT2D eigenvalue weighted by Gasteiger charge is 1.95. The molecular weight excluding hydrogens is 296 g/mol. The van der Waals surface area contributed by atoms with Crippen molar-refractivity contribution in [1.82, 2.24) is 0 Å². The highest BCUT2D eigenvalue weighted by atomic mass is 16.5. The maximum atomic E-state index is 10.2. The smallest absolute Gasteiger partial charge is 0.332 e. The van der Waals surface area contributed by atoms with Gasteiger partial charge in [0, 0.05) is 5.57 Å². The number of ether oxygens (including phenoxy) is 1. The van der Waals surface area contributed by atoms with Gasteiger partial charge in [0.05, 0.1) is 7.11 Å². The topological polar surface area (TPSA) is 26.3 Å². The fourth-order valence-corrected chi connectivity index (χ4v) is 1.47. The zero-order chi connectivity index (χ0) is 18.4. The molecule has 126 valence electrons. The average Bonchev–Trinajstić information content (AvgIpc) is 2.63. The van der Waals surface area contributed by atoms with Crippen molar-refractivity contribution in [3.05, 3.63) is 96.6 Å². The number of hydrogen-bond donors (Lipinski definition) is 0. The normalized spacial score (nSPS) is 8.46. The van der Waals surface area contributed by atoms with Gasteiger partial charge in [0.15, 0.2) is 0 Å². The van der Waals surface area contributed by atoms with E-state index in [4.69, 9.17) is 0 Å². The third-order valence-corrected chi connectivity index (χ3v) is 2.88. The van der Waals surface area contributed by atoms with Crippen molar-refractivity contribution in [1.29, 1.82) is 0 Å². The summed E-state index contributed by atoms with van der Waals surface area (Å²) in [5.41, 5.74) is 4.08. The van der Waals surface area contributed by atoms with Crippen LogP contribution in [0.4, 0.5) is 0 Å². The fourth-order valence-electron chi connectivity index (χ4n) is 1.47. The summed E-state index contributed by atoms with van der Waals surface area (Å²) in [6.07, 6.45) is 3.68. The van der Waals surface area contributed by atoms with Gasteiger partial charge in [-0.1, -0.05) is 92.0 Å². The van der Waals surface area contributed by atoms with Gasteiger partial charge in [0.25, 0.3) is 0 Å². The molecule has 0 N–H and O–H groups in total. The molecule has 2 nitrogen and oxygen atoms in total. The van der Waals surface area contributed by atoms with Crippen LogP contribution in [-0.4, -0.2) is 13.1 Å². The van der Waals surface area contributed by atoms with Crippen molar-refractivity contribution in [3.8, 4) is 0 Å². The van der Waals surface area contributed by atoms with E-state index in [9.17, 15) is 4.79 Å². The van der Waals surface area contributed by atoms with E-state index >= 15 is 0 Å². The molecule has 0 saturated carbocycles. The molecule has 0 aliphatic rings. The van der Waals surface area contributed by atoms with Gasteiger partial charge in [0.2, 0.25) is 0 Å². The monoisotopic (exact) mass is 322 g/mol. The molecular formula is C22H26O2. The molecule has 0 aliphatic heterocycles. The van der Waals surface area contributed by atoms with Crippen LogP contribution in [0.5, 0.6) is 0 Å². The van der Waals surface area contributed by atoms with Crippen LogP contribution in [0.2, 0.25) is 0 Å². The average molecular weight is 322 g/mol. The Hall–Kier alpha value is -2.87. The number of carbonyl (C=O) groups is 1. The van der Waals surface area contributed by atoms with Crippen molar-refractivity contribution >= 4 is 18.1 Å². The van der Waals surface area contributed by atoms with Crippen LogP contribution in [0.25, 0.3) is 12.2 Å². The standard InChI is InChI=1S/C9H10.C8H8.C5H8O2/c1-3-9-6-4-8(2)5-7-9;1-2-8-6-4-3-5-7-8;1-4(2)5(6)7-3/h3-7H,1H2,2H3;2-7H,1H2;1H2,2-3H3. The van der Waals surface area contributed by atoms with Crippen LogP contribution in [0.1, 0.15) is 23.6 Å². The predicted molar refractivity (Wildman–Crippen MR) is 105 cm³/mol. The minimum atomic E-state index is -0.347. The lowest BCUT2D eigenvalue weighted by molar-refractivity contribution is -0.136. The summed E-state index contributed by atoms with van der Waals surface area (Å²) in [4.78, 5) is 10.2. The van der Waals surface area contributed by atoms with E-state index in [0.717, 1.165) is 0 Å². The van der Waals surface area contributed by atoms with Crippen LogP contribution < -0.4 is 0 Å². The maximum Gasteiger partial charge on any atom is 0.332 e. The Balaban J connectivity index is 0.000000334. The molecule has 0 aromatic heterocycles. The predicted octanol–water partition coefficient (Wildman–Crippen LogP) is 5.70. The van der Waals surface area contributed by atoms with Gasteiger partial charge in [0.1, 0.15) is 0 Å². The highest BCUT2D eigenvalue weighted by molar-refractivity contribution is 5.86. The van der Waals surface area contributed by atoms with E-state index in [1.54, 1.807) is 6.92 Å². The van der Waals surface area contributed by atoms with Crippen molar-refractivity contribution in [2.45, 2.75) is 13.8 Å². The zero-order valence-electron chi connectivity index (χ0n) is 14.8. The molecule has 0 heterocycles. The molecule has 0 spiro atoms. The molecule has 0 aliphatic carbocycles. The van der Waals surface area contributed by atoms with Gasteiger partial charge in [-0.3, -0.25) is 0 Å². The molecule has 24 heavy (non-hydrogen) atoms. The molecule has 2 heteroatoms. The number of carbonyl (C=O) groups excluding carboxylic acids is 1.